The molecule has 0 spiro atoms. The maximum Gasteiger partial charge on any atom is 0.252 e. The van der Waals surface area contributed by atoms with Gasteiger partial charge in [0, 0.05) is 24.2 Å². The molecule has 1 saturated heterocycles. The first-order valence-corrected chi connectivity index (χ1v) is 8.04. The zero-order valence-electron chi connectivity index (χ0n) is 13.9. The van der Waals surface area contributed by atoms with Crippen molar-refractivity contribution in [2.75, 3.05) is 20.2 Å². The molecule has 25 heavy (non-hydrogen) atoms. The van der Waals surface area contributed by atoms with Crippen molar-refractivity contribution < 1.29 is 14.3 Å². The first-order valence-electron chi connectivity index (χ1n) is 8.04. The molecule has 1 atom stereocenters. The number of nitrogens with zero attached hydrogens (tertiary/aromatic N) is 3. The van der Waals surface area contributed by atoms with Crippen molar-refractivity contribution >= 4 is 22.7 Å². The lowest BCUT2D eigenvalue weighted by molar-refractivity contribution is -0.130. The fourth-order valence-electron chi connectivity index (χ4n) is 3.00. The third-order valence-electron chi connectivity index (χ3n) is 4.32. The normalized spacial score (nSPS) is 16.5. The Hall–Kier alpha value is -3.14. The smallest absolute Gasteiger partial charge is 0.252 e. The average Bonchev–Trinajstić information content (AvgIpc) is 3.13. The number of benzene rings is 1. The van der Waals surface area contributed by atoms with E-state index in [-0.39, 0.29) is 18.4 Å². The van der Waals surface area contributed by atoms with Crippen LogP contribution in [0.4, 0.5) is 0 Å². The number of amides is 2. The van der Waals surface area contributed by atoms with E-state index < -0.39 is 6.04 Å². The van der Waals surface area contributed by atoms with E-state index >= 15 is 0 Å². The summed E-state index contributed by atoms with van der Waals surface area (Å²) in [6.07, 6.45) is 3.05. The van der Waals surface area contributed by atoms with Gasteiger partial charge in [-0.1, -0.05) is 0 Å². The monoisotopic (exact) mass is 338 g/mol. The van der Waals surface area contributed by atoms with Gasteiger partial charge in [0.2, 0.25) is 5.91 Å². The van der Waals surface area contributed by atoms with Crippen molar-refractivity contribution in [2.45, 2.75) is 18.9 Å². The molecule has 7 nitrogen and oxygen atoms in total. The molecule has 0 radical (unpaired) electrons. The lowest BCUT2D eigenvalue weighted by Gasteiger charge is -2.19. The molecule has 128 valence electrons. The number of nitrogens with one attached hydrogen (secondary N) is 1. The SMILES string of the molecule is COc1ccc2c(C(=O)NCC(=O)N3CCC[C@@H]3C#N)ccnc2c1. The summed E-state index contributed by atoms with van der Waals surface area (Å²) in [5.74, 6) is 0.0698. The molecule has 2 heterocycles. The zero-order valence-corrected chi connectivity index (χ0v) is 13.9. The Morgan fingerprint density at radius 1 is 1.44 bits per heavy atom. The molecule has 2 amide bonds. The van der Waals surface area contributed by atoms with Gasteiger partial charge in [-0.15, -0.1) is 0 Å². The van der Waals surface area contributed by atoms with Crippen molar-refractivity contribution in [1.82, 2.24) is 15.2 Å². The number of carbonyl (C=O) groups excluding carboxylic acids is 2. The third kappa shape index (κ3) is 3.38. The molecule has 1 fully saturated rings. The van der Waals surface area contributed by atoms with Gasteiger partial charge in [-0.3, -0.25) is 14.6 Å². The van der Waals surface area contributed by atoms with Gasteiger partial charge in [-0.2, -0.15) is 5.26 Å². The second-order valence-corrected chi connectivity index (χ2v) is 5.80. The first kappa shape index (κ1) is 16.7. The summed E-state index contributed by atoms with van der Waals surface area (Å²) in [4.78, 5) is 30.5. The van der Waals surface area contributed by atoms with Crippen LogP contribution in [-0.4, -0.2) is 47.9 Å². The number of carbonyl (C=O) groups is 2. The fraction of sp³-hybridized carbons (Fsp3) is 0.333. The maximum atomic E-state index is 12.5. The highest BCUT2D eigenvalue weighted by Crippen LogP contribution is 2.22. The van der Waals surface area contributed by atoms with Crippen molar-refractivity contribution in [3.63, 3.8) is 0 Å². The average molecular weight is 338 g/mol. The second kappa shape index (κ2) is 7.18. The number of hydrogen-bond acceptors (Lipinski definition) is 5. The topological polar surface area (TPSA) is 95.3 Å². The maximum absolute atomic E-state index is 12.5. The van der Waals surface area contributed by atoms with Gasteiger partial charge < -0.3 is 15.0 Å². The van der Waals surface area contributed by atoms with Crippen LogP contribution in [0.25, 0.3) is 10.9 Å². The number of nitriles is 1. The van der Waals surface area contributed by atoms with E-state index in [2.05, 4.69) is 16.4 Å². The Morgan fingerprint density at radius 3 is 3.04 bits per heavy atom. The number of hydrogen-bond donors (Lipinski definition) is 1. The Bertz CT molecular complexity index is 859. The summed E-state index contributed by atoms with van der Waals surface area (Å²) < 4.78 is 5.16. The third-order valence-corrected chi connectivity index (χ3v) is 4.32. The number of pyridine rings is 1. The zero-order chi connectivity index (χ0) is 17.8. The quantitative estimate of drug-likeness (QED) is 0.911. The summed E-state index contributed by atoms with van der Waals surface area (Å²) >= 11 is 0. The Labute approximate surface area is 145 Å². The van der Waals surface area contributed by atoms with E-state index in [9.17, 15) is 9.59 Å². The van der Waals surface area contributed by atoms with Crippen molar-refractivity contribution in [2.24, 2.45) is 0 Å². The molecular weight excluding hydrogens is 320 g/mol. The van der Waals surface area contributed by atoms with Crippen molar-refractivity contribution in [1.29, 1.82) is 5.26 Å². The molecule has 0 saturated carbocycles. The summed E-state index contributed by atoms with van der Waals surface area (Å²) in [7, 11) is 1.57. The highest BCUT2D eigenvalue weighted by molar-refractivity contribution is 6.07. The molecule has 3 rings (SSSR count). The summed E-state index contributed by atoms with van der Waals surface area (Å²) in [5.41, 5.74) is 1.08. The number of rotatable bonds is 4. The number of aromatic nitrogens is 1. The van der Waals surface area contributed by atoms with E-state index in [1.54, 1.807) is 37.6 Å². The van der Waals surface area contributed by atoms with Crippen LogP contribution in [-0.2, 0) is 4.79 Å². The van der Waals surface area contributed by atoms with Crippen LogP contribution in [0.2, 0.25) is 0 Å². The van der Waals surface area contributed by atoms with Crippen LogP contribution in [0, 0.1) is 11.3 Å². The largest absolute Gasteiger partial charge is 0.497 e. The molecule has 0 unspecified atom stereocenters. The van der Waals surface area contributed by atoms with E-state index in [1.807, 2.05) is 0 Å². The predicted octanol–water partition coefficient (Wildman–Crippen LogP) is 1.49. The second-order valence-electron chi connectivity index (χ2n) is 5.80. The van der Waals surface area contributed by atoms with Gasteiger partial charge in [-0.25, -0.2) is 0 Å². The molecule has 2 aromatic rings. The van der Waals surface area contributed by atoms with Gasteiger partial charge in [0.1, 0.15) is 11.8 Å². The minimum atomic E-state index is -0.390. The Balaban J connectivity index is 1.72. The van der Waals surface area contributed by atoms with Crippen LogP contribution >= 0.6 is 0 Å². The number of ether oxygens (including phenoxy) is 1. The summed E-state index contributed by atoms with van der Waals surface area (Å²) in [6.45, 7) is 0.432. The van der Waals surface area contributed by atoms with E-state index in [1.165, 1.54) is 4.90 Å². The summed E-state index contributed by atoms with van der Waals surface area (Å²) in [5, 5.41) is 12.4. The van der Waals surface area contributed by atoms with Gasteiger partial charge in [0.05, 0.1) is 30.8 Å². The molecule has 1 aromatic carbocycles. The van der Waals surface area contributed by atoms with E-state index in [0.717, 1.165) is 6.42 Å². The first-order chi connectivity index (χ1) is 12.1. The van der Waals surface area contributed by atoms with Gasteiger partial charge in [-0.05, 0) is 31.0 Å². The Morgan fingerprint density at radius 2 is 2.28 bits per heavy atom. The lowest BCUT2D eigenvalue weighted by atomic mass is 10.1. The summed E-state index contributed by atoms with van der Waals surface area (Å²) in [6, 6.07) is 8.62. The molecule has 7 heteroatoms. The fourth-order valence-corrected chi connectivity index (χ4v) is 3.00. The van der Waals surface area contributed by atoms with E-state index in [4.69, 9.17) is 10.00 Å². The van der Waals surface area contributed by atoms with Crippen LogP contribution < -0.4 is 10.1 Å². The number of methoxy groups -OCH3 is 1. The van der Waals surface area contributed by atoms with Crippen LogP contribution in [0.3, 0.4) is 0 Å². The molecule has 0 aliphatic carbocycles. The number of likely N-dealkylation sites (tertiary alicyclic amines) is 1. The highest BCUT2D eigenvalue weighted by Gasteiger charge is 2.28. The lowest BCUT2D eigenvalue weighted by Crippen LogP contribution is -2.42. The van der Waals surface area contributed by atoms with Gasteiger partial charge >= 0.3 is 0 Å². The van der Waals surface area contributed by atoms with Gasteiger partial charge in [0.15, 0.2) is 0 Å². The highest BCUT2D eigenvalue weighted by atomic mass is 16.5. The predicted molar refractivity (Wildman–Crippen MR) is 91.0 cm³/mol. The van der Waals surface area contributed by atoms with Crippen molar-refractivity contribution in [3.05, 3.63) is 36.0 Å². The number of fused-ring (bicyclic) bond motifs is 1. The van der Waals surface area contributed by atoms with Crippen molar-refractivity contribution in [3.8, 4) is 11.8 Å². The standard InChI is InChI=1S/C18H18N4O3/c1-25-13-4-5-14-15(6-7-20-16(14)9-13)18(24)21-11-17(23)22-8-2-3-12(22)10-19/h4-7,9,12H,2-3,8,11H2,1H3,(H,21,24)/t12-/m1/s1. The molecule has 1 N–H and O–H groups in total. The molecule has 1 aromatic heterocycles. The Kier molecular flexibility index (Phi) is 4.80. The molecular formula is C18H18N4O3. The minimum Gasteiger partial charge on any atom is -0.497 e. The van der Waals surface area contributed by atoms with E-state index in [0.29, 0.717) is 35.2 Å². The van der Waals surface area contributed by atoms with Crippen LogP contribution in [0.1, 0.15) is 23.2 Å². The molecule has 1 aliphatic heterocycles. The minimum absolute atomic E-state index is 0.128. The van der Waals surface area contributed by atoms with Crippen LogP contribution in [0.15, 0.2) is 30.5 Å². The van der Waals surface area contributed by atoms with Crippen LogP contribution in [0.5, 0.6) is 5.75 Å². The van der Waals surface area contributed by atoms with Gasteiger partial charge in [0.25, 0.3) is 5.91 Å². The molecule has 0 bridgehead atoms. The molecule has 1 aliphatic rings.